The Morgan fingerprint density at radius 2 is 0.778 bits per heavy atom. The highest BCUT2D eigenvalue weighted by Crippen LogP contribution is 2.33. The van der Waals surface area contributed by atoms with E-state index in [1.165, 1.54) is 32.7 Å². The average molecular weight is 487 g/mol. The number of nitrogens with zero attached hydrogens (tertiary/aromatic N) is 4. The maximum absolute atomic E-state index is 2.25. The first kappa shape index (κ1) is 29.5. The van der Waals surface area contributed by atoms with E-state index >= 15 is 0 Å². The van der Waals surface area contributed by atoms with Gasteiger partial charge in [0.05, 0.1) is 0 Å². The molecule has 0 saturated carbocycles. The molecule has 0 N–H and O–H groups in total. The second-order valence-electron chi connectivity index (χ2n) is 9.84. The topological polar surface area (TPSA) is 13.0 Å². The quantitative estimate of drug-likeness (QED) is 0.274. The fraction of sp³-hybridized carbons (Fsp3) is 0.375. The van der Waals surface area contributed by atoms with Gasteiger partial charge in [-0.05, 0) is 88.0 Å². The van der Waals surface area contributed by atoms with E-state index in [1.807, 2.05) is 0 Å². The van der Waals surface area contributed by atoms with E-state index in [2.05, 4.69) is 161 Å². The van der Waals surface area contributed by atoms with Crippen LogP contribution < -0.4 is 0 Å². The van der Waals surface area contributed by atoms with Crippen LogP contribution in [0.4, 0.5) is 0 Å². The van der Waals surface area contributed by atoms with Gasteiger partial charge in [-0.1, -0.05) is 98.8 Å². The summed E-state index contributed by atoms with van der Waals surface area (Å²) in [6.07, 6.45) is 0. The number of fused-ring (bicyclic) bond motifs is 2. The zero-order valence-electron chi connectivity index (χ0n) is 23.7. The highest BCUT2D eigenvalue weighted by Gasteiger charge is 2.06. The number of benzene rings is 4. The lowest BCUT2D eigenvalue weighted by atomic mass is 9.94. The van der Waals surface area contributed by atoms with E-state index in [1.54, 1.807) is 0 Å². The molecule has 0 fully saturated rings. The van der Waals surface area contributed by atoms with E-state index in [0.29, 0.717) is 0 Å². The Labute approximate surface area is 219 Å². The molecular formula is C32H46N4. The van der Waals surface area contributed by atoms with Gasteiger partial charge in [0, 0.05) is 13.3 Å². The van der Waals surface area contributed by atoms with Gasteiger partial charge < -0.3 is 0 Å². The van der Waals surface area contributed by atoms with Gasteiger partial charge in [0.1, 0.15) is 0 Å². The molecule has 4 aromatic carbocycles. The Morgan fingerprint density at radius 3 is 1.08 bits per heavy atom. The summed E-state index contributed by atoms with van der Waals surface area (Å²) in [6, 6.07) is 30.2. The Balaban J connectivity index is 0.000000239. The van der Waals surface area contributed by atoms with Crippen molar-refractivity contribution in [2.24, 2.45) is 0 Å². The summed E-state index contributed by atoms with van der Waals surface area (Å²) in [5.41, 5.74) is 2.61. The molecule has 0 bridgehead atoms. The molecule has 0 amide bonds. The Hall–Kier alpha value is -2.76. The number of hydrogen-bond acceptors (Lipinski definition) is 4. The van der Waals surface area contributed by atoms with Crippen LogP contribution in [0.2, 0.25) is 0 Å². The molecule has 4 nitrogen and oxygen atoms in total. The van der Waals surface area contributed by atoms with Crippen molar-refractivity contribution in [3.8, 4) is 11.1 Å². The maximum atomic E-state index is 2.25. The molecule has 4 rings (SSSR count). The van der Waals surface area contributed by atoms with Gasteiger partial charge in [0.25, 0.3) is 0 Å². The van der Waals surface area contributed by atoms with Crippen LogP contribution >= 0.6 is 0 Å². The third-order valence-electron chi connectivity index (χ3n) is 6.00. The molecule has 36 heavy (non-hydrogen) atoms. The maximum Gasteiger partial charge on any atom is 0.0497 e. The lowest BCUT2D eigenvalue weighted by Gasteiger charge is -2.18. The minimum Gasteiger partial charge on any atom is -0.297 e. The fourth-order valence-corrected chi connectivity index (χ4v) is 4.09. The van der Waals surface area contributed by atoms with Crippen LogP contribution in [0.25, 0.3) is 32.7 Å². The highest BCUT2D eigenvalue weighted by molar-refractivity contribution is 6.05. The lowest BCUT2D eigenvalue weighted by Crippen LogP contribution is -2.29. The van der Waals surface area contributed by atoms with Crippen LogP contribution in [-0.4, -0.2) is 88.3 Å². The minimum absolute atomic E-state index is 1.05. The lowest BCUT2D eigenvalue weighted by molar-refractivity contribution is 0.219. The second kappa shape index (κ2) is 15.4. The van der Waals surface area contributed by atoms with Gasteiger partial charge in [-0.15, -0.1) is 0 Å². The first-order valence-electron chi connectivity index (χ1n) is 12.9. The molecule has 4 heteroatoms. The molecule has 0 spiro atoms. The molecule has 0 aliphatic carbocycles. The first-order valence-corrected chi connectivity index (χ1v) is 12.9. The Bertz CT molecular complexity index is 1070. The molecule has 0 aliphatic heterocycles. The minimum atomic E-state index is 1.05. The molecule has 0 radical (unpaired) electrons. The molecule has 0 unspecified atom stereocenters. The van der Waals surface area contributed by atoms with Crippen LogP contribution in [0, 0.1) is 0 Å². The molecule has 0 atom stereocenters. The van der Waals surface area contributed by atoms with E-state index in [-0.39, 0.29) is 0 Å². The van der Waals surface area contributed by atoms with Crippen molar-refractivity contribution in [1.29, 1.82) is 0 Å². The van der Waals surface area contributed by atoms with Crippen molar-refractivity contribution in [1.82, 2.24) is 19.6 Å². The largest absolute Gasteiger partial charge is 0.297 e. The van der Waals surface area contributed by atoms with Gasteiger partial charge in [0.2, 0.25) is 0 Å². The second-order valence-corrected chi connectivity index (χ2v) is 9.84. The zero-order valence-corrected chi connectivity index (χ0v) is 23.7. The molecule has 0 heterocycles. The SMILES string of the molecule is CCN(C)CN(C)C.CCN(C)CN(C)C.c1ccc2c(-c3cccc4ccccc34)cccc2c1. The number of rotatable bonds is 7. The highest BCUT2D eigenvalue weighted by atomic mass is 15.3. The smallest absolute Gasteiger partial charge is 0.0497 e. The molecule has 194 valence electrons. The van der Waals surface area contributed by atoms with Crippen molar-refractivity contribution in [3.05, 3.63) is 84.9 Å². The van der Waals surface area contributed by atoms with Crippen molar-refractivity contribution in [2.45, 2.75) is 13.8 Å². The fourth-order valence-electron chi connectivity index (χ4n) is 4.09. The van der Waals surface area contributed by atoms with Crippen molar-refractivity contribution in [3.63, 3.8) is 0 Å². The summed E-state index contributed by atoms with van der Waals surface area (Å²) in [6.45, 7) is 8.66. The summed E-state index contributed by atoms with van der Waals surface area (Å²) < 4.78 is 0. The monoisotopic (exact) mass is 486 g/mol. The zero-order chi connectivity index (χ0) is 26.5. The molecule has 4 aromatic rings. The number of hydrogen-bond donors (Lipinski definition) is 0. The van der Waals surface area contributed by atoms with Gasteiger partial charge in [-0.25, -0.2) is 0 Å². The van der Waals surface area contributed by atoms with Crippen LogP contribution in [0.15, 0.2) is 84.9 Å². The predicted octanol–water partition coefficient (Wildman–Crippen LogP) is 6.57. The van der Waals surface area contributed by atoms with E-state index in [4.69, 9.17) is 0 Å². The van der Waals surface area contributed by atoms with E-state index < -0.39 is 0 Å². The summed E-state index contributed by atoms with van der Waals surface area (Å²) >= 11 is 0. The Kier molecular flexibility index (Phi) is 12.6. The summed E-state index contributed by atoms with van der Waals surface area (Å²) in [5.74, 6) is 0. The van der Waals surface area contributed by atoms with Crippen LogP contribution in [0.1, 0.15) is 13.8 Å². The molecular weight excluding hydrogens is 440 g/mol. The Morgan fingerprint density at radius 1 is 0.444 bits per heavy atom. The van der Waals surface area contributed by atoms with Crippen molar-refractivity contribution >= 4 is 21.5 Å². The van der Waals surface area contributed by atoms with Gasteiger partial charge in [-0.2, -0.15) is 0 Å². The van der Waals surface area contributed by atoms with E-state index in [9.17, 15) is 0 Å². The summed E-state index contributed by atoms with van der Waals surface area (Å²) in [4.78, 5) is 8.81. The van der Waals surface area contributed by atoms with Gasteiger partial charge >= 0.3 is 0 Å². The normalized spacial score (nSPS) is 11.1. The molecule has 0 aliphatic rings. The average Bonchev–Trinajstić information content (AvgIpc) is 2.88. The molecule has 0 saturated heterocycles. The summed E-state index contributed by atoms with van der Waals surface area (Å²) in [5, 5.41) is 5.20. The first-order chi connectivity index (χ1) is 17.3. The van der Waals surface area contributed by atoms with Crippen molar-refractivity contribution in [2.75, 3.05) is 68.7 Å². The third-order valence-corrected chi connectivity index (χ3v) is 6.00. The van der Waals surface area contributed by atoms with Crippen LogP contribution in [-0.2, 0) is 0 Å². The van der Waals surface area contributed by atoms with Crippen molar-refractivity contribution < 1.29 is 0 Å². The third kappa shape index (κ3) is 9.36. The standard InChI is InChI=1S/C20H14.2C6H16N2/c1-3-11-17-15(7-1)9-5-13-19(17)20-14-6-10-16-8-2-4-12-18(16)20;2*1-5-8(4)6-7(2)3/h1-14H;2*5-6H2,1-4H3. The van der Waals surface area contributed by atoms with Gasteiger partial charge in [0.15, 0.2) is 0 Å². The summed E-state index contributed by atoms with van der Waals surface area (Å²) in [7, 11) is 12.5. The van der Waals surface area contributed by atoms with E-state index in [0.717, 1.165) is 26.4 Å². The predicted molar refractivity (Wildman–Crippen MR) is 161 cm³/mol. The van der Waals surface area contributed by atoms with Gasteiger partial charge in [-0.3, -0.25) is 19.6 Å². The molecule has 0 aromatic heterocycles. The van der Waals surface area contributed by atoms with Crippen LogP contribution in [0.5, 0.6) is 0 Å². The van der Waals surface area contributed by atoms with Crippen LogP contribution in [0.3, 0.4) is 0 Å².